The van der Waals surface area contributed by atoms with Gasteiger partial charge in [0.2, 0.25) is 0 Å². The molecule has 0 unspecified atom stereocenters. The molecule has 0 radical (unpaired) electrons. The number of hydrogen-bond acceptors (Lipinski definition) is 1. The number of benzene rings is 1. The van der Waals surface area contributed by atoms with Crippen molar-refractivity contribution < 1.29 is 4.74 Å². The van der Waals surface area contributed by atoms with Gasteiger partial charge in [-0.3, -0.25) is 0 Å². The minimum Gasteiger partial charge on any atom is -0.489 e. The van der Waals surface area contributed by atoms with Gasteiger partial charge in [-0.05, 0) is 25.0 Å². The summed E-state index contributed by atoms with van der Waals surface area (Å²) in [5.74, 6) is 0.926. The molecular formula is C13H16O. The molecule has 0 aliphatic heterocycles. The van der Waals surface area contributed by atoms with E-state index in [4.69, 9.17) is 4.74 Å². The van der Waals surface area contributed by atoms with Crippen LogP contribution in [-0.4, -0.2) is 6.61 Å². The quantitative estimate of drug-likeness (QED) is 0.644. The molecule has 0 bridgehead atoms. The predicted octanol–water partition coefficient (Wildman–Crippen LogP) is 3.37. The summed E-state index contributed by atoms with van der Waals surface area (Å²) >= 11 is 0. The van der Waals surface area contributed by atoms with Crippen LogP contribution < -0.4 is 4.74 Å². The Hall–Kier alpha value is -1.50. The zero-order valence-corrected chi connectivity index (χ0v) is 8.62. The highest BCUT2D eigenvalue weighted by Crippen LogP contribution is 2.20. The smallest absolute Gasteiger partial charge is 0.123 e. The van der Waals surface area contributed by atoms with Crippen LogP contribution in [0.25, 0.3) is 0 Å². The van der Waals surface area contributed by atoms with E-state index >= 15 is 0 Å². The molecule has 0 spiro atoms. The van der Waals surface area contributed by atoms with Gasteiger partial charge < -0.3 is 4.74 Å². The molecule has 0 saturated carbocycles. The number of hydrogen-bond donors (Lipinski definition) is 0. The third-order valence-corrected chi connectivity index (χ3v) is 1.82. The van der Waals surface area contributed by atoms with E-state index in [1.807, 2.05) is 25.1 Å². The molecule has 1 nitrogen and oxygen atoms in total. The Morgan fingerprint density at radius 2 is 2.14 bits per heavy atom. The summed E-state index contributed by atoms with van der Waals surface area (Å²) in [6.45, 7) is 10.1. The second-order valence-corrected chi connectivity index (χ2v) is 3.34. The summed E-state index contributed by atoms with van der Waals surface area (Å²) in [6.07, 6.45) is 2.62. The van der Waals surface area contributed by atoms with E-state index in [9.17, 15) is 0 Å². The highest BCUT2D eigenvalue weighted by molar-refractivity contribution is 5.35. The average Bonchev–Trinajstić information content (AvgIpc) is 2.16. The molecule has 14 heavy (non-hydrogen) atoms. The van der Waals surface area contributed by atoms with Crippen LogP contribution in [0.1, 0.15) is 12.5 Å². The molecule has 0 fully saturated rings. The Bertz CT molecular complexity index is 326. The first kappa shape index (κ1) is 10.6. The van der Waals surface area contributed by atoms with Gasteiger partial charge in [-0.25, -0.2) is 0 Å². The van der Waals surface area contributed by atoms with E-state index < -0.39 is 0 Å². The Labute approximate surface area is 85.7 Å². The second kappa shape index (κ2) is 5.28. The van der Waals surface area contributed by atoms with Crippen LogP contribution in [0, 0.1) is 0 Å². The molecule has 0 aliphatic carbocycles. The first-order valence-corrected chi connectivity index (χ1v) is 4.70. The Kier molecular flexibility index (Phi) is 3.99. The Morgan fingerprint density at radius 1 is 1.43 bits per heavy atom. The number of rotatable bonds is 5. The van der Waals surface area contributed by atoms with Gasteiger partial charge in [0, 0.05) is 0 Å². The van der Waals surface area contributed by atoms with E-state index in [0.29, 0.717) is 6.61 Å². The van der Waals surface area contributed by atoms with Crippen molar-refractivity contribution in [2.45, 2.75) is 13.3 Å². The van der Waals surface area contributed by atoms with Crippen molar-refractivity contribution in [3.63, 3.8) is 0 Å². The lowest BCUT2D eigenvalue weighted by molar-refractivity contribution is 0.359. The van der Waals surface area contributed by atoms with Crippen LogP contribution >= 0.6 is 0 Å². The van der Waals surface area contributed by atoms with Gasteiger partial charge in [-0.2, -0.15) is 0 Å². The van der Waals surface area contributed by atoms with E-state index in [2.05, 4.69) is 19.2 Å². The third kappa shape index (κ3) is 3.09. The van der Waals surface area contributed by atoms with Gasteiger partial charge in [0.15, 0.2) is 0 Å². The topological polar surface area (TPSA) is 9.23 Å². The Morgan fingerprint density at radius 3 is 2.79 bits per heavy atom. The fraction of sp³-hybridized carbons (Fsp3) is 0.231. The van der Waals surface area contributed by atoms with Crippen molar-refractivity contribution in [1.82, 2.24) is 0 Å². The zero-order valence-electron chi connectivity index (χ0n) is 8.62. The summed E-state index contributed by atoms with van der Waals surface area (Å²) in [4.78, 5) is 0. The van der Waals surface area contributed by atoms with Crippen molar-refractivity contribution in [2.24, 2.45) is 0 Å². The molecule has 0 atom stereocenters. The summed E-state index contributed by atoms with van der Waals surface area (Å²) < 4.78 is 5.53. The Balaban J connectivity index is 2.79. The monoisotopic (exact) mass is 188 g/mol. The number of allylic oxidation sites excluding steroid dienone is 1. The summed E-state index contributed by atoms with van der Waals surface area (Å²) in [5, 5.41) is 0. The van der Waals surface area contributed by atoms with Crippen LogP contribution in [0.2, 0.25) is 0 Å². The van der Waals surface area contributed by atoms with Gasteiger partial charge in [-0.1, -0.05) is 43.0 Å². The number of para-hydroxylation sites is 1. The van der Waals surface area contributed by atoms with E-state index in [-0.39, 0.29) is 0 Å². The summed E-state index contributed by atoms with van der Waals surface area (Å²) in [6, 6.07) is 8.02. The maximum absolute atomic E-state index is 5.53. The molecule has 0 aromatic heterocycles. The standard InChI is InChI=1S/C13H16O/c1-4-9-14-13-8-6-5-7-12(13)10-11(2)3/h4-8H,1-2,9-10H2,3H3. The molecular weight excluding hydrogens is 172 g/mol. The maximum Gasteiger partial charge on any atom is 0.123 e. The molecule has 0 N–H and O–H groups in total. The van der Waals surface area contributed by atoms with Gasteiger partial charge in [-0.15, -0.1) is 0 Å². The molecule has 1 aromatic carbocycles. The SMILES string of the molecule is C=CCOc1ccccc1CC(=C)C. The molecule has 0 heterocycles. The normalized spacial score (nSPS) is 9.50. The minimum absolute atomic E-state index is 0.549. The molecule has 1 heteroatoms. The first-order valence-electron chi connectivity index (χ1n) is 4.70. The fourth-order valence-corrected chi connectivity index (χ4v) is 1.26. The predicted molar refractivity (Wildman–Crippen MR) is 60.7 cm³/mol. The highest BCUT2D eigenvalue weighted by Gasteiger charge is 2.01. The minimum atomic E-state index is 0.549. The van der Waals surface area contributed by atoms with Crippen LogP contribution in [0.3, 0.4) is 0 Å². The van der Waals surface area contributed by atoms with E-state index in [0.717, 1.165) is 17.7 Å². The lowest BCUT2D eigenvalue weighted by Gasteiger charge is -2.09. The molecule has 1 rings (SSSR count). The second-order valence-electron chi connectivity index (χ2n) is 3.34. The van der Waals surface area contributed by atoms with Crippen LogP contribution in [-0.2, 0) is 6.42 Å². The molecule has 1 aromatic rings. The maximum atomic E-state index is 5.53. The lowest BCUT2D eigenvalue weighted by Crippen LogP contribution is -1.97. The largest absolute Gasteiger partial charge is 0.489 e. The zero-order chi connectivity index (χ0) is 10.4. The van der Waals surface area contributed by atoms with Crippen LogP contribution in [0.5, 0.6) is 5.75 Å². The van der Waals surface area contributed by atoms with Crippen LogP contribution in [0.15, 0.2) is 49.1 Å². The highest BCUT2D eigenvalue weighted by atomic mass is 16.5. The average molecular weight is 188 g/mol. The van der Waals surface area contributed by atoms with Gasteiger partial charge in [0.05, 0.1) is 0 Å². The van der Waals surface area contributed by atoms with Crippen LogP contribution in [0.4, 0.5) is 0 Å². The van der Waals surface area contributed by atoms with Gasteiger partial charge in [0.1, 0.15) is 12.4 Å². The third-order valence-electron chi connectivity index (χ3n) is 1.82. The molecule has 0 saturated heterocycles. The van der Waals surface area contributed by atoms with Crippen molar-refractivity contribution in [2.75, 3.05) is 6.61 Å². The number of ether oxygens (including phenoxy) is 1. The molecule has 0 amide bonds. The first-order chi connectivity index (χ1) is 6.74. The van der Waals surface area contributed by atoms with Crippen molar-refractivity contribution in [3.8, 4) is 5.75 Å². The lowest BCUT2D eigenvalue weighted by atomic mass is 10.1. The van der Waals surface area contributed by atoms with Crippen molar-refractivity contribution in [1.29, 1.82) is 0 Å². The van der Waals surface area contributed by atoms with Crippen molar-refractivity contribution >= 4 is 0 Å². The fourth-order valence-electron chi connectivity index (χ4n) is 1.26. The van der Waals surface area contributed by atoms with Crippen molar-refractivity contribution in [3.05, 3.63) is 54.6 Å². The van der Waals surface area contributed by atoms with E-state index in [1.54, 1.807) is 6.08 Å². The summed E-state index contributed by atoms with van der Waals surface area (Å²) in [5.41, 5.74) is 2.32. The molecule has 74 valence electrons. The van der Waals surface area contributed by atoms with Gasteiger partial charge in [0.25, 0.3) is 0 Å². The van der Waals surface area contributed by atoms with Gasteiger partial charge >= 0.3 is 0 Å². The molecule has 0 aliphatic rings. The summed E-state index contributed by atoms with van der Waals surface area (Å²) in [7, 11) is 0. The van der Waals surface area contributed by atoms with E-state index in [1.165, 1.54) is 5.56 Å².